The maximum atomic E-state index is 12.8. The zero-order valence-corrected chi connectivity index (χ0v) is 8.30. The van der Waals surface area contributed by atoms with Crippen LogP contribution >= 0.6 is 0 Å². The molecule has 0 heterocycles. The van der Waals surface area contributed by atoms with Gasteiger partial charge in [-0.1, -0.05) is 0 Å². The van der Waals surface area contributed by atoms with Gasteiger partial charge in [-0.15, -0.1) is 0 Å². The van der Waals surface area contributed by atoms with Crippen molar-refractivity contribution in [2.45, 2.75) is 31.6 Å². The Morgan fingerprint density at radius 2 is 2.00 bits per heavy atom. The van der Waals surface area contributed by atoms with Crippen LogP contribution in [0.3, 0.4) is 0 Å². The second-order valence-electron chi connectivity index (χ2n) is 4.02. The summed E-state index contributed by atoms with van der Waals surface area (Å²) in [6.07, 6.45) is 0.823. The normalized spacial score (nSPS) is 21.9. The smallest absolute Gasteiger partial charge is 0.314 e. The summed E-state index contributed by atoms with van der Waals surface area (Å²) in [5, 5.41) is 0. The van der Waals surface area contributed by atoms with Crippen LogP contribution in [0.1, 0.15) is 25.7 Å². The molecule has 0 atom stereocenters. The molecule has 3 nitrogen and oxygen atoms in total. The number of hydrogen-bond acceptors (Lipinski definition) is 1. The van der Waals surface area contributed by atoms with Gasteiger partial charge in [-0.2, -0.15) is 0 Å². The quantitative estimate of drug-likeness (QED) is 0.736. The molecule has 0 unspecified atom stereocenters. The van der Waals surface area contributed by atoms with Crippen LogP contribution in [0.15, 0.2) is 0 Å². The number of halogens is 2. The number of primary amides is 1. The Morgan fingerprint density at radius 3 is 2.43 bits per heavy atom. The van der Waals surface area contributed by atoms with Gasteiger partial charge in [0, 0.05) is 26.4 Å². The van der Waals surface area contributed by atoms with E-state index in [1.54, 1.807) is 7.05 Å². The van der Waals surface area contributed by atoms with Gasteiger partial charge in [0.05, 0.1) is 0 Å². The van der Waals surface area contributed by atoms with E-state index in [2.05, 4.69) is 0 Å². The minimum Gasteiger partial charge on any atom is -0.351 e. The molecular weight excluding hydrogens is 190 g/mol. The van der Waals surface area contributed by atoms with Crippen molar-refractivity contribution >= 4 is 6.03 Å². The third-order valence-electron chi connectivity index (χ3n) is 2.74. The highest BCUT2D eigenvalue weighted by molar-refractivity contribution is 5.71. The molecule has 0 spiro atoms. The highest BCUT2D eigenvalue weighted by atomic mass is 19.3. The maximum Gasteiger partial charge on any atom is 0.314 e. The van der Waals surface area contributed by atoms with Gasteiger partial charge in [-0.25, -0.2) is 13.6 Å². The Labute approximate surface area is 82.2 Å². The van der Waals surface area contributed by atoms with Gasteiger partial charge in [0.15, 0.2) is 0 Å². The van der Waals surface area contributed by atoms with Gasteiger partial charge in [0.25, 0.3) is 0 Å². The second-order valence-corrected chi connectivity index (χ2v) is 4.02. The SMILES string of the molecule is CN(CC1CCC(F)(F)CC1)C(N)=O. The van der Waals surface area contributed by atoms with E-state index < -0.39 is 12.0 Å². The highest BCUT2D eigenvalue weighted by Gasteiger charge is 2.35. The molecule has 1 aliphatic rings. The lowest BCUT2D eigenvalue weighted by atomic mass is 9.86. The minimum absolute atomic E-state index is 0.0652. The van der Waals surface area contributed by atoms with E-state index >= 15 is 0 Å². The highest BCUT2D eigenvalue weighted by Crippen LogP contribution is 2.36. The molecule has 0 saturated heterocycles. The number of nitrogens with zero attached hydrogens (tertiary/aromatic N) is 1. The van der Waals surface area contributed by atoms with Crippen molar-refractivity contribution in [2.24, 2.45) is 11.7 Å². The number of urea groups is 1. The van der Waals surface area contributed by atoms with Crippen LogP contribution in [0.2, 0.25) is 0 Å². The second kappa shape index (κ2) is 4.11. The average molecular weight is 206 g/mol. The number of carbonyl (C=O) groups excluding carboxylic acids is 1. The van der Waals surface area contributed by atoms with Gasteiger partial charge >= 0.3 is 6.03 Å². The topological polar surface area (TPSA) is 46.3 Å². The molecule has 0 aromatic heterocycles. The van der Waals surface area contributed by atoms with Crippen molar-refractivity contribution in [3.8, 4) is 0 Å². The van der Waals surface area contributed by atoms with Gasteiger partial charge in [0.1, 0.15) is 0 Å². The molecule has 0 bridgehead atoms. The van der Waals surface area contributed by atoms with Crippen molar-refractivity contribution in [3.63, 3.8) is 0 Å². The van der Waals surface area contributed by atoms with Gasteiger partial charge < -0.3 is 10.6 Å². The van der Waals surface area contributed by atoms with Crippen LogP contribution in [0.25, 0.3) is 0 Å². The Morgan fingerprint density at radius 1 is 1.50 bits per heavy atom. The number of amides is 2. The third kappa shape index (κ3) is 3.12. The molecule has 2 N–H and O–H groups in total. The summed E-state index contributed by atoms with van der Waals surface area (Å²) in [4.78, 5) is 12.1. The fraction of sp³-hybridized carbons (Fsp3) is 0.889. The molecule has 1 fully saturated rings. The van der Waals surface area contributed by atoms with Gasteiger partial charge in [-0.05, 0) is 18.8 Å². The summed E-state index contributed by atoms with van der Waals surface area (Å²) < 4.78 is 25.5. The molecule has 1 rings (SSSR count). The predicted octanol–water partition coefficient (Wildman–Crippen LogP) is 1.82. The molecular formula is C9H16F2N2O. The first kappa shape index (κ1) is 11.2. The van der Waals surface area contributed by atoms with E-state index in [1.165, 1.54) is 4.90 Å². The Kier molecular flexibility index (Phi) is 3.29. The van der Waals surface area contributed by atoms with E-state index in [-0.39, 0.29) is 18.8 Å². The molecule has 0 radical (unpaired) electrons. The van der Waals surface area contributed by atoms with Gasteiger partial charge in [-0.3, -0.25) is 0 Å². The molecule has 5 heteroatoms. The average Bonchev–Trinajstić information content (AvgIpc) is 2.08. The number of hydrogen-bond donors (Lipinski definition) is 1. The first-order valence-corrected chi connectivity index (χ1v) is 4.79. The molecule has 14 heavy (non-hydrogen) atoms. The van der Waals surface area contributed by atoms with E-state index in [4.69, 9.17) is 5.73 Å². The monoisotopic (exact) mass is 206 g/mol. The van der Waals surface area contributed by atoms with Crippen molar-refractivity contribution < 1.29 is 13.6 Å². The molecule has 0 aromatic rings. The van der Waals surface area contributed by atoms with Gasteiger partial charge in [0.2, 0.25) is 5.92 Å². The van der Waals surface area contributed by atoms with Crippen molar-refractivity contribution in [2.75, 3.05) is 13.6 Å². The summed E-state index contributed by atoms with van der Waals surface area (Å²) in [5.41, 5.74) is 5.05. The molecule has 0 aromatic carbocycles. The Balaban J connectivity index is 2.32. The molecule has 0 aliphatic heterocycles. The Bertz CT molecular complexity index is 211. The zero-order chi connectivity index (χ0) is 10.8. The number of rotatable bonds is 2. The maximum absolute atomic E-state index is 12.8. The summed E-state index contributed by atoms with van der Waals surface area (Å²) in [6.45, 7) is 0.491. The Hall–Kier alpha value is -0.870. The standard InChI is InChI=1S/C9H16F2N2O/c1-13(8(12)14)6-7-2-4-9(10,11)5-3-7/h7H,2-6H2,1H3,(H2,12,14). The summed E-state index contributed by atoms with van der Waals surface area (Å²) >= 11 is 0. The molecule has 1 saturated carbocycles. The minimum atomic E-state index is -2.50. The van der Waals surface area contributed by atoms with E-state index in [0.29, 0.717) is 19.4 Å². The lowest BCUT2D eigenvalue weighted by molar-refractivity contribution is -0.0472. The fourth-order valence-electron chi connectivity index (χ4n) is 1.76. The van der Waals surface area contributed by atoms with E-state index in [1.807, 2.05) is 0 Å². The van der Waals surface area contributed by atoms with Crippen molar-refractivity contribution in [1.82, 2.24) is 4.90 Å². The summed E-state index contributed by atoms with van der Waals surface area (Å²) in [5.74, 6) is -2.32. The van der Waals surface area contributed by atoms with Crippen LogP contribution in [0.4, 0.5) is 13.6 Å². The fourth-order valence-corrected chi connectivity index (χ4v) is 1.76. The number of carbonyl (C=O) groups is 1. The van der Waals surface area contributed by atoms with Crippen LogP contribution in [-0.2, 0) is 0 Å². The summed E-state index contributed by atoms with van der Waals surface area (Å²) in [6, 6.07) is -0.498. The number of alkyl halides is 2. The molecule has 2 amide bonds. The van der Waals surface area contributed by atoms with Crippen LogP contribution in [-0.4, -0.2) is 30.4 Å². The molecule has 82 valence electrons. The van der Waals surface area contributed by atoms with E-state index in [9.17, 15) is 13.6 Å². The van der Waals surface area contributed by atoms with E-state index in [0.717, 1.165) is 0 Å². The van der Waals surface area contributed by atoms with Crippen LogP contribution < -0.4 is 5.73 Å². The molecule has 1 aliphatic carbocycles. The predicted molar refractivity (Wildman–Crippen MR) is 49.1 cm³/mol. The number of nitrogens with two attached hydrogens (primary N) is 1. The van der Waals surface area contributed by atoms with Crippen molar-refractivity contribution in [3.05, 3.63) is 0 Å². The van der Waals surface area contributed by atoms with Crippen molar-refractivity contribution in [1.29, 1.82) is 0 Å². The zero-order valence-electron chi connectivity index (χ0n) is 8.30. The first-order chi connectivity index (χ1) is 6.41. The largest absolute Gasteiger partial charge is 0.351 e. The lowest BCUT2D eigenvalue weighted by Crippen LogP contribution is -2.38. The third-order valence-corrected chi connectivity index (χ3v) is 2.74. The first-order valence-electron chi connectivity index (χ1n) is 4.79. The van der Waals surface area contributed by atoms with Crippen LogP contribution in [0.5, 0.6) is 0 Å². The van der Waals surface area contributed by atoms with Crippen LogP contribution in [0, 0.1) is 5.92 Å². The lowest BCUT2D eigenvalue weighted by Gasteiger charge is -2.30. The summed E-state index contributed by atoms with van der Waals surface area (Å²) in [7, 11) is 1.59.